The second-order valence-corrected chi connectivity index (χ2v) is 7.76. The number of H-pyrrole nitrogens is 1. The zero-order valence-corrected chi connectivity index (χ0v) is 14.3. The summed E-state index contributed by atoms with van der Waals surface area (Å²) in [5, 5.41) is 5.38. The molecule has 0 saturated carbocycles. The quantitative estimate of drug-likeness (QED) is 0.448. The molecule has 2 aliphatic rings. The van der Waals surface area contributed by atoms with E-state index in [1.54, 1.807) is 0 Å². The Bertz CT molecular complexity index is 1140. The fourth-order valence-electron chi connectivity index (χ4n) is 4.27. The largest absolute Gasteiger partial charge is 0.354 e. The van der Waals surface area contributed by atoms with Crippen molar-refractivity contribution < 1.29 is 0 Å². The molecule has 2 nitrogen and oxygen atoms in total. The highest BCUT2D eigenvalue weighted by molar-refractivity contribution is 8.02. The van der Waals surface area contributed by atoms with E-state index in [1.165, 1.54) is 38.7 Å². The smallest absolute Gasteiger partial charge is 0.0694 e. The van der Waals surface area contributed by atoms with Crippen LogP contribution in [0.3, 0.4) is 0 Å². The summed E-state index contributed by atoms with van der Waals surface area (Å²) < 4.78 is 0. The summed E-state index contributed by atoms with van der Waals surface area (Å²) in [6.07, 6.45) is 2.34. The van der Waals surface area contributed by atoms with E-state index in [0.29, 0.717) is 11.3 Å². The van der Waals surface area contributed by atoms with Gasteiger partial charge in [-0.2, -0.15) is 0 Å². The molecule has 0 aliphatic carbocycles. The maximum atomic E-state index is 3.59. The van der Waals surface area contributed by atoms with Crippen LogP contribution in [0.1, 0.15) is 10.8 Å². The van der Waals surface area contributed by atoms with Crippen molar-refractivity contribution in [2.24, 2.45) is 0 Å². The van der Waals surface area contributed by atoms with Crippen LogP contribution in [-0.2, 0) is 0 Å². The van der Waals surface area contributed by atoms with E-state index >= 15 is 0 Å². The first-order valence-corrected chi connectivity index (χ1v) is 9.55. The first kappa shape index (κ1) is 13.6. The third kappa shape index (κ3) is 1.82. The molecule has 0 amide bonds. The Kier molecular flexibility index (Phi) is 2.69. The van der Waals surface area contributed by atoms with Gasteiger partial charge in [0.25, 0.3) is 0 Å². The van der Waals surface area contributed by atoms with Gasteiger partial charge >= 0.3 is 0 Å². The molecule has 4 aromatic rings. The Morgan fingerprint density at radius 2 is 1.68 bits per heavy atom. The van der Waals surface area contributed by atoms with Crippen molar-refractivity contribution in [2.45, 2.75) is 11.3 Å². The van der Waals surface area contributed by atoms with Gasteiger partial charge in [-0.3, -0.25) is 0 Å². The third-order valence-corrected chi connectivity index (χ3v) is 6.50. The lowest BCUT2D eigenvalue weighted by molar-refractivity contribution is 0.830. The number of benzene rings is 3. The molecule has 0 radical (unpaired) electrons. The Morgan fingerprint density at radius 3 is 2.60 bits per heavy atom. The van der Waals surface area contributed by atoms with Crippen molar-refractivity contribution in [1.82, 2.24) is 4.98 Å². The van der Waals surface area contributed by atoms with Crippen molar-refractivity contribution in [3.8, 4) is 0 Å². The van der Waals surface area contributed by atoms with Gasteiger partial charge in [-0.25, -0.2) is 0 Å². The second kappa shape index (κ2) is 4.93. The fraction of sp³-hybridized carbons (Fsp3) is 0.0909. The van der Waals surface area contributed by atoms with E-state index in [9.17, 15) is 0 Å². The molecule has 6 rings (SSSR count). The maximum Gasteiger partial charge on any atom is 0.0694 e. The van der Waals surface area contributed by atoms with Crippen LogP contribution in [0.25, 0.3) is 21.8 Å². The summed E-state index contributed by atoms with van der Waals surface area (Å²) >= 11 is 1.94. The second-order valence-electron chi connectivity index (χ2n) is 6.71. The van der Waals surface area contributed by atoms with Crippen LogP contribution >= 0.6 is 11.8 Å². The van der Waals surface area contributed by atoms with E-state index in [2.05, 4.69) is 88.1 Å². The number of fused-ring (bicyclic) bond motifs is 6. The summed E-state index contributed by atoms with van der Waals surface area (Å²) in [4.78, 5) is 6.08. The molecule has 3 heteroatoms. The molecule has 1 N–H and O–H groups in total. The number of aromatic nitrogens is 1. The van der Waals surface area contributed by atoms with Crippen molar-refractivity contribution in [2.75, 3.05) is 4.90 Å². The average molecular weight is 340 g/mol. The van der Waals surface area contributed by atoms with Gasteiger partial charge in [0.1, 0.15) is 0 Å². The standard InChI is InChI=1S/C22H16N2S/c1-2-6-14(7-3-1)24-20-10-11-25-22(20)17-12-16-15-8-4-5-9-18(15)23-19(16)13-21(17)24/h1-13,20,22-23H. The lowest BCUT2D eigenvalue weighted by Crippen LogP contribution is -2.25. The number of aromatic amines is 1. The number of anilines is 2. The molecule has 2 unspecified atom stereocenters. The Morgan fingerprint density at radius 1 is 0.840 bits per heavy atom. The van der Waals surface area contributed by atoms with Crippen LogP contribution in [0, 0.1) is 0 Å². The molecule has 3 heterocycles. The van der Waals surface area contributed by atoms with E-state index < -0.39 is 0 Å². The highest BCUT2D eigenvalue weighted by Gasteiger charge is 2.40. The first-order valence-electron chi connectivity index (χ1n) is 8.61. The normalized spacial score (nSPS) is 21.2. The minimum Gasteiger partial charge on any atom is -0.354 e. The van der Waals surface area contributed by atoms with Gasteiger partial charge in [0.15, 0.2) is 0 Å². The van der Waals surface area contributed by atoms with Crippen LogP contribution in [-0.4, -0.2) is 11.0 Å². The third-order valence-electron chi connectivity index (χ3n) is 5.36. The minimum atomic E-state index is 0.403. The number of hydrogen-bond donors (Lipinski definition) is 1. The summed E-state index contributed by atoms with van der Waals surface area (Å²) in [6.45, 7) is 0. The monoisotopic (exact) mass is 340 g/mol. The lowest BCUT2D eigenvalue weighted by atomic mass is 10.1. The van der Waals surface area contributed by atoms with E-state index in [0.717, 1.165) is 0 Å². The van der Waals surface area contributed by atoms with Crippen LogP contribution in [0.2, 0.25) is 0 Å². The minimum absolute atomic E-state index is 0.403. The van der Waals surface area contributed by atoms with Crippen molar-refractivity contribution in [1.29, 1.82) is 0 Å². The lowest BCUT2D eigenvalue weighted by Gasteiger charge is -2.25. The maximum absolute atomic E-state index is 3.59. The molecule has 0 bridgehead atoms. The fourth-order valence-corrected chi connectivity index (χ4v) is 5.40. The van der Waals surface area contributed by atoms with Crippen LogP contribution < -0.4 is 4.90 Å². The number of thioether (sulfide) groups is 1. The van der Waals surface area contributed by atoms with Gasteiger partial charge < -0.3 is 9.88 Å². The Balaban J connectivity index is 1.65. The molecule has 3 aromatic carbocycles. The molecule has 2 aliphatic heterocycles. The predicted octanol–water partition coefficient (Wildman–Crippen LogP) is 6.14. The van der Waals surface area contributed by atoms with Gasteiger partial charge in [0, 0.05) is 33.2 Å². The molecule has 0 fully saturated rings. The van der Waals surface area contributed by atoms with Gasteiger partial charge in [0.05, 0.1) is 11.3 Å². The summed E-state index contributed by atoms with van der Waals surface area (Å²) in [7, 11) is 0. The van der Waals surface area contributed by atoms with Gasteiger partial charge in [-0.1, -0.05) is 42.5 Å². The van der Waals surface area contributed by atoms with E-state index in [4.69, 9.17) is 0 Å². The number of hydrogen-bond acceptors (Lipinski definition) is 2. The van der Waals surface area contributed by atoms with Gasteiger partial charge in [-0.15, -0.1) is 11.8 Å². The zero-order chi connectivity index (χ0) is 16.4. The predicted molar refractivity (Wildman–Crippen MR) is 108 cm³/mol. The highest BCUT2D eigenvalue weighted by Crippen LogP contribution is 2.55. The number of rotatable bonds is 1. The van der Waals surface area contributed by atoms with Crippen molar-refractivity contribution in [3.63, 3.8) is 0 Å². The van der Waals surface area contributed by atoms with Gasteiger partial charge in [0.2, 0.25) is 0 Å². The highest BCUT2D eigenvalue weighted by atomic mass is 32.2. The summed E-state index contributed by atoms with van der Waals surface area (Å²) in [6, 6.07) is 24.5. The molecule has 25 heavy (non-hydrogen) atoms. The molecular weight excluding hydrogens is 324 g/mol. The zero-order valence-electron chi connectivity index (χ0n) is 13.5. The van der Waals surface area contributed by atoms with E-state index in [-0.39, 0.29) is 0 Å². The topological polar surface area (TPSA) is 19.0 Å². The van der Waals surface area contributed by atoms with Crippen molar-refractivity contribution >= 4 is 44.9 Å². The Hall–Kier alpha value is -2.65. The summed E-state index contributed by atoms with van der Waals surface area (Å²) in [5.74, 6) is 0. The van der Waals surface area contributed by atoms with Crippen molar-refractivity contribution in [3.05, 3.63) is 83.8 Å². The van der Waals surface area contributed by atoms with Crippen LogP contribution in [0.4, 0.5) is 11.4 Å². The number of nitrogens with one attached hydrogen (secondary N) is 1. The molecule has 120 valence electrons. The summed E-state index contributed by atoms with van der Waals surface area (Å²) in [5.41, 5.74) is 6.47. The molecule has 1 aromatic heterocycles. The van der Waals surface area contributed by atoms with Crippen LogP contribution in [0.15, 0.2) is 78.2 Å². The van der Waals surface area contributed by atoms with Gasteiger partial charge in [-0.05, 0) is 41.3 Å². The molecule has 0 spiro atoms. The number of para-hydroxylation sites is 2. The molecule has 0 saturated heterocycles. The van der Waals surface area contributed by atoms with E-state index in [1.807, 2.05) is 11.8 Å². The first-order chi connectivity index (χ1) is 12.4. The average Bonchev–Trinajstić information content (AvgIpc) is 3.32. The Labute approximate surface area is 150 Å². The number of nitrogens with zero attached hydrogens (tertiary/aromatic N) is 1. The molecule has 2 atom stereocenters. The molecular formula is C22H16N2S. The van der Waals surface area contributed by atoms with Crippen LogP contribution in [0.5, 0.6) is 0 Å². The SMILES string of the molecule is C1=CC2C(S1)c1cc3c(cc1N2c1ccccc1)[nH]c1ccccc13.